The van der Waals surface area contributed by atoms with Crippen molar-refractivity contribution in [2.75, 3.05) is 18.1 Å². The van der Waals surface area contributed by atoms with Crippen molar-refractivity contribution in [3.05, 3.63) is 0 Å². The van der Waals surface area contributed by atoms with Gasteiger partial charge in [-0.2, -0.15) is 11.8 Å². The normalized spacial score (nSPS) is 11.6. The number of nitrogens with one attached hydrogen (secondary N) is 1. The second-order valence-corrected chi connectivity index (χ2v) is 5.49. The molecule has 0 aliphatic heterocycles. The van der Waals surface area contributed by atoms with Gasteiger partial charge in [0.1, 0.15) is 0 Å². The molecular weight excluding hydrogens is 190 g/mol. The lowest BCUT2D eigenvalue weighted by Crippen LogP contribution is -2.29. The summed E-state index contributed by atoms with van der Waals surface area (Å²) in [6.07, 6.45) is 3.87. The van der Waals surface area contributed by atoms with Gasteiger partial charge in [0, 0.05) is 18.3 Å². The SMILES string of the molecule is CCC(CC)NCCSCCC(C)C. The zero-order valence-corrected chi connectivity index (χ0v) is 11.1. The summed E-state index contributed by atoms with van der Waals surface area (Å²) < 4.78 is 0. The summed E-state index contributed by atoms with van der Waals surface area (Å²) in [7, 11) is 0. The maximum absolute atomic E-state index is 3.59. The van der Waals surface area contributed by atoms with Gasteiger partial charge in [-0.1, -0.05) is 27.7 Å². The van der Waals surface area contributed by atoms with Crippen molar-refractivity contribution in [3.8, 4) is 0 Å². The zero-order valence-electron chi connectivity index (χ0n) is 10.3. The first-order valence-corrected chi connectivity index (χ1v) is 7.17. The summed E-state index contributed by atoms with van der Waals surface area (Å²) >= 11 is 2.08. The van der Waals surface area contributed by atoms with E-state index in [-0.39, 0.29) is 0 Å². The van der Waals surface area contributed by atoms with Gasteiger partial charge in [0.2, 0.25) is 0 Å². The maximum atomic E-state index is 3.59. The van der Waals surface area contributed by atoms with Crippen LogP contribution in [0, 0.1) is 5.92 Å². The molecule has 0 rings (SSSR count). The highest BCUT2D eigenvalue weighted by molar-refractivity contribution is 7.99. The van der Waals surface area contributed by atoms with Crippen LogP contribution in [0.3, 0.4) is 0 Å². The van der Waals surface area contributed by atoms with E-state index in [4.69, 9.17) is 0 Å². The zero-order chi connectivity index (χ0) is 10.8. The Balaban J connectivity index is 3.12. The van der Waals surface area contributed by atoms with Crippen molar-refractivity contribution in [3.63, 3.8) is 0 Å². The number of hydrogen-bond acceptors (Lipinski definition) is 2. The molecule has 0 aliphatic rings. The van der Waals surface area contributed by atoms with Crippen LogP contribution >= 0.6 is 11.8 Å². The highest BCUT2D eigenvalue weighted by Crippen LogP contribution is 2.08. The van der Waals surface area contributed by atoms with Gasteiger partial charge in [-0.25, -0.2) is 0 Å². The fourth-order valence-corrected chi connectivity index (χ4v) is 2.44. The maximum Gasteiger partial charge on any atom is 0.00621 e. The molecular formula is C12H27NS. The lowest BCUT2D eigenvalue weighted by atomic mass is 10.2. The molecule has 0 saturated heterocycles. The van der Waals surface area contributed by atoms with Crippen molar-refractivity contribution < 1.29 is 0 Å². The van der Waals surface area contributed by atoms with Gasteiger partial charge in [-0.15, -0.1) is 0 Å². The van der Waals surface area contributed by atoms with Crippen LogP contribution in [0.2, 0.25) is 0 Å². The smallest absolute Gasteiger partial charge is 0.00621 e. The quantitative estimate of drug-likeness (QED) is 0.593. The minimum atomic E-state index is 0.737. The molecule has 0 amide bonds. The molecule has 0 atom stereocenters. The standard InChI is InChI=1S/C12H27NS/c1-5-12(6-2)13-8-10-14-9-7-11(3)4/h11-13H,5-10H2,1-4H3. The summed E-state index contributed by atoms with van der Waals surface area (Å²) in [6.45, 7) is 10.3. The van der Waals surface area contributed by atoms with Crippen LogP contribution in [0.5, 0.6) is 0 Å². The van der Waals surface area contributed by atoms with E-state index in [1.54, 1.807) is 0 Å². The van der Waals surface area contributed by atoms with Gasteiger partial charge >= 0.3 is 0 Å². The fraction of sp³-hybridized carbons (Fsp3) is 1.00. The van der Waals surface area contributed by atoms with Crippen LogP contribution in [0.1, 0.15) is 47.0 Å². The van der Waals surface area contributed by atoms with Crippen LogP contribution in [-0.4, -0.2) is 24.1 Å². The summed E-state index contributed by atoms with van der Waals surface area (Å²) in [5.41, 5.74) is 0. The largest absolute Gasteiger partial charge is 0.313 e. The lowest BCUT2D eigenvalue weighted by Gasteiger charge is -2.14. The average Bonchev–Trinajstić information content (AvgIpc) is 2.16. The Morgan fingerprint density at radius 3 is 2.21 bits per heavy atom. The summed E-state index contributed by atoms with van der Waals surface area (Å²) in [5.74, 6) is 3.44. The van der Waals surface area contributed by atoms with E-state index < -0.39 is 0 Å². The molecule has 0 aromatic rings. The molecule has 86 valence electrons. The Kier molecular flexibility index (Phi) is 10.1. The minimum absolute atomic E-state index is 0.737. The second-order valence-electron chi connectivity index (χ2n) is 4.26. The molecule has 1 N–H and O–H groups in total. The topological polar surface area (TPSA) is 12.0 Å². The summed E-state index contributed by atoms with van der Waals surface area (Å²) in [6, 6.07) is 0.737. The van der Waals surface area contributed by atoms with Gasteiger partial charge < -0.3 is 5.32 Å². The Labute approximate surface area is 94.4 Å². The lowest BCUT2D eigenvalue weighted by molar-refractivity contribution is 0.501. The molecule has 14 heavy (non-hydrogen) atoms. The molecule has 2 heteroatoms. The van der Waals surface area contributed by atoms with E-state index in [1.807, 2.05) is 0 Å². The van der Waals surface area contributed by atoms with Crippen molar-refractivity contribution in [2.24, 2.45) is 5.92 Å². The molecule has 0 spiro atoms. The first kappa shape index (κ1) is 14.3. The van der Waals surface area contributed by atoms with Gasteiger partial charge in [-0.3, -0.25) is 0 Å². The van der Waals surface area contributed by atoms with Crippen LogP contribution < -0.4 is 5.32 Å². The molecule has 0 aromatic carbocycles. The Hall–Kier alpha value is 0.310. The van der Waals surface area contributed by atoms with E-state index in [0.29, 0.717) is 0 Å². The highest BCUT2D eigenvalue weighted by atomic mass is 32.2. The van der Waals surface area contributed by atoms with E-state index in [0.717, 1.165) is 12.0 Å². The Morgan fingerprint density at radius 2 is 1.71 bits per heavy atom. The number of thioether (sulfide) groups is 1. The van der Waals surface area contributed by atoms with Crippen molar-refractivity contribution in [1.29, 1.82) is 0 Å². The van der Waals surface area contributed by atoms with Crippen LogP contribution in [0.25, 0.3) is 0 Å². The third-order valence-electron chi connectivity index (χ3n) is 2.50. The fourth-order valence-electron chi connectivity index (χ4n) is 1.33. The predicted molar refractivity (Wildman–Crippen MR) is 69.2 cm³/mol. The monoisotopic (exact) mass is 217 g/mol. The van der Waals surface area contributed by atoms with E-state index in [2.05, 4.69) is 44.8 Å². The number of rotatable bonds is 9. The molecule has 0 radical (unpaired) electrons. The highest BCUT2D eigenvalue weighted by Gasteiger charge is 2.00. The van der Waals surface area contributed by atoms with Gasteiger partial charge in [-0.05, 0) is 30.9 Å². The van der Waals surface area contributed by atoms with Crippen molar-refractivity contribution >= 4 is 11.8 Å². The minimum Gasteiger partial charge on any atom is -0.313 e. The third kappa shape index (κ3) is 8.89. The Bertz CT molecular complexity index is 111. The van der Waals surface area contributed by atoms with Crippen LogP contribution in [0.15, 0.2) is 0 Å². The predicted octanol–water partition coefficient (Wildman–Crippen LogP) is 3.54. The molecule has 0 bridgehead atoms. The summed E-state index contributed by atoms with van der Waals surface area (Å²) in [5, 5.41) is 3.59. The molecule has 0 aliphatic carbocycles. The van der Waals surface area contributed by atoms with Gasteiger partial charge in [0.15, 0.2) is 0 Å². The molecule has 1 nitrogen and oxygen atoms in total. The number of hydrogen-bond donors (Lipinski definition) is 1. The molecule has 0 aromatic heterocycles. The molecule has 0 saturated carbocycles. The molecule has 0 fully saturated rings. The summed E-state index contributed by atoms with van der Waals surface area (Å²) in [4.78, 5) is 0. The third-order valence-corrected chi connectivity index (χ3v) is 3.52. The second kappa shape index (κ2) is 9.85. The van der Waals surface area contributed by atoms with E-state index in [1.165, 1.54) is 37.3 Å². The van der Waals surface area contributed by atoms with Gasteiger partial charge in [0.25, 0.3) is 0 Å². The van der Waals surface area contributed by atoms with Crippen LogP contribution in [0.4, 0.5) is 0 Å². The van der Waals surface area contributed by atoms with E-state index in [9.17, 15) is 0 Å². The first-order chi connectivity index (χ1) is 6.70. The van der Waals surface area contributed by atoms with Crippen molar-refractivity contribution in [1.82, 2.24) is 5.32 Å². The molecule has 0 heterocycles. The van der Waals surface area contributed by atoms with Crippen molar-refractivity contribution in [2.45, 2.75) is 53.0 Å². The Morgan fingerprint density at radius 1 is 1.07 bits per heavy atom. The molecule has 0 unspecified atom stereocenters. The van der Waals surface area contributed by atoms with Crippen LogP contribution in [-0.2, 0) is 0 Å². The average molecular weight is 217 g/mol. The van der Waals surface area contributed by atoms with Gasteiger partial charge in [0.05, 0.1) is 0 Å². The van der Waals surface area contributed by atoms with E-state index >= 15 is 0 Å². The first-order valence-electron chi connectivity index (χ1n) is 6.01.